The van der Waals surface area contributed by atoms with Gasteiger partial charge in [-0.05, 0) is 12.5 Å². The van der Waals surface area contributed by atoms with Crippen LogP contribution in [0.25, 0.3) is 11.3 Å². The Balaban J connectivity index is 2.59. The zero-order valence-corrected chi connectivity index (χ0v) is 8.86. The molecule has 0 radical (unpaired) electrons. The summed E-state index contributed by atoms with van der Waals surface area (Å²) in [5.74, 6) is 0.812. The van der Waals surface area contributed by atoms with Crippen LogP contribution in [-0.2, 0) is 0 Å². The SMILES string of the molecule is CNc1nccnc1-c1ccccc1C. The Morgan fingerprint density at radius 3 is 2.53 bits per heavy atom. The van der Waals surface area contributed by atoms with Gasteiger partial charge in [-0.25, -0.2) is 4.98 Å². The first kappa shape index (κ1) is 9.65. The maximum Gasteiger partial charge on any atom is 0.152 e. The van der Waals surface area contributed by atoms with Gasteiger partial charge in [0.05, 0.1) is 0 Å². The summed E-state index contributed by atoms with van der Waals surface area (Å²) in [6.45, 7) is 2.07. The predicted octanol–water partition coefficient (Wildman–Crippen LogP) is 2.49. The van der Waals surface area contributed by atoms with Crippen molar-refractivity contribution >= 4 is 5.82 Å². The fraction of sp³-hybridized carbons (Fsp3) is 0.167. The largest absolute Gasteiger partial charge is 0.371 e. The average Bonchev–Trinajstić information content (AvgIpc) is 2.30. The molecule has 0 aliphatic heterocycles. The second kappa shape index (κ2) is 4.09. The van der Waals surface area contributed by atoms with Crippen LogP contribution in [0.15, 0.2) is 36.7 Å². The molecule has 0 unspecified atom stereocenters. The lowest BCUT2D eigenvalue weighted by molar-refractivity contribution is 1.18. The van der Waals surface area contributed by atoms with Crippen molar-refractivity contribution in [2.24, 2.45) is 0 Å². The Labute approximate surface area is 89.2 Å². The van der Waals surface area contributed by atoms with Gasteiger partial charge in [0.2, 0.25) is 0 Å². The molecule has 1 N–H and O–H groups in total. The zero-order chi connectivity index (χ0) is 10.7. The molecule has 0 atom stereocenters. The van der Waals surface area contributed by atoms with E-state index in [4.69, 9.17) is 0 Å². The fourth-order valence-corrected chi connectivity index (χ4v) is 1.56. The van der Waals surface area contributed by atoms with E-state index in [0.717, 1.165) is 17.1 Å². The molecule has 0 bridgehead atoms. The maximum absolute atomic E-state index is 4.36. The number of anilines is 1. The minimum absolute atomic E-state index is 0.812. The minimum Gasteiger partial charge on any atom is -0.371 e. The van der Waals surface area contributed by atoms with Crippen LogP contribution < -0.4 is 5.32 Å². The monoisotopic (exact) mass is 199 g/mol. The van der Waals surface area contributed by atoms with Crippen molar-refractivity contribution in [3.05, 3.63) is 42.2 Å². The van der Waals surface area contributed by atoms with Gasteiger partial charge in [-0.1, -0.05) is 24.3 Å². The lowest BCUT2D eigenvalue weighted by atomic mass is 10.1. The van der Waals surface area contributed by atoms with E-state index in [1.54, 1.807) is 12.4 Å². The Bertz CT molecular complexity index is 466. The summed E-state index contributed by atoms with van der Waals surface area (Å²) in [4.78, 5) is 8.60. The van der Waals surface area contributed by atoms with Crippen LogP contribution in [0.1, 0.15) is 5.56 Å². The third-order valence-electron chi connectivity index (χ3n) is 2.34. The number of hydrogen-bond acceptors (Lipinski definition) is 3. The Morgan fingerprint density at radius 2 is 1.80 bits per heavy atom. The quantitative estimate of drug-likeness (QED) is 0.807. The Kier molecular flexibility index (Phi) is 2.63. The summed E-state index contributed by atoms with van der Waals surface area (Å²) in [6, 6.07) is 8.16. The molecule has 76 valence electrons. The molecule has 3 nitrogen and oxygen atoms in total. The number of aromatic nitrogens is 2. The van der Waals surface area contributed by atoms with Gasteiger partial charge < -0.3 is 5.32 Å². The molecule has 0 saturated carbocycles. The van der Waals surface area contributed by atoms with E-state index < -0.39 is 0 Å². The summed E-state index contributed by atoms with van der Waals surface area (Å²) in [7, 11) is 1.85. The zero-order valence-electron chi connectivity index (χ0n) is 8.86. The number of benzene rings is 1. The third-order valence-corrected chi connectivity index (χ3v) is 2.34. The molecule has 1 aromatic carbocycles. The molecular formula is C12H13N3. The standard InChI is InChI=1S/C12H13N3/c1-9-5-3-4-6-10(9)11-12(13-2)15-8-7-14-11/h3-8H,1-2H3,(H,13,15). The summed E-state index contributed by atoms with van der Waals surface area (Å²) in [6.07, 6.45) is 3.40. The first-order valence-corrected chi connectivity index (χ1v) is 4.87. The van der Waals surface area contributed by atoms with Gasteiger partial charge >= 0.3 is 0 Å². The van der Waals surface area contributed by atoms with E-state index >= 15 is 0 Å². The summed E-state index contributed by atoms with van der Waals surface area (Å²) < 4.78 is 0. The maximum atomic E-state index is 4.36. The molecule has 0 fully saturated rings. The summed E-state index contributed by atoms with van der Waals surface area (Å²) in [5.41, 5.74) is 3.22. The van der Waals surface area contributed by atoms with Crippen molar-refractivity contribution < 1.29 is 0 Å². The first-order chi connectivity index (χ1) is 7.33. The van der Waals surface area contributed by atoms with E-state index in [1.165, 1.54) is 5.56 Å². The van der Waals surface area contributed by atoms with E-state index in [1.807, 2.05) is 19.2 Å². The minimum atomic E-state index is 0.812. The molecule has 15 heavy (non-hydrogen) atoms. The molecule has 0 aliphatic carbocycles. The lowest BCUT2D eigenvalue weighted by Gasteiger charge is -2.08. The van der Waals surface area contributed by atoms with Gasteiger partial charge in [-0.15, -0.1) is 0 Å². The van der Waals surface area contributed by atoms with Crippen LogP contribution in [0, 0.1) is 6.92 Å². The van der Waals surface area contributed by atoms with Gasteiger partial charge in [0.1, 0.15) is 5.69 Å². The third kappa shape index (κ3) is 1.81. The second-order valence-electron chi connectivity index (χ2n) is 3.32. The highest BCUT2D eigenvalue weighted by Crippen LogP contribution is 2.25. The molecule has 1 aromatic heterocycles. The number of aryl methyl sites for hydroxylation is 1. The molecule has 2 aromatic rings. The second-order valence-corrected chi connectivity index (χ2v) is 3.32. The van der Waals surface area contributed by atoms with Crippen LogP contribution in [0.3, 0.4) is 0 Å². The van der Waals surface area contributed by atoms with Crippen molar-refractivity contribution in [2.75, 3.05) is 12.4 Å². The highest BCUT2D eigenvalue weighted by molar-refractivity contribution is 5.73. The molecule has 0 aliphatic rings. The van der Waals surface area contributed by atoms with Crippen molar-refractivity contribution in [2.45, 2.75) is 6.92 Å². The van der Waals surface area contributed by atoms with Crippen LogP contribution in [-0.4, -0.2) is 17.0 Å². The van der Waals surface area contributed by atoms with Gasteiger partial charge in [-0.2, -0.15) is 0 Å². The highest BCUT2D eigenvalue weighted by atomic mass is 15.0. The van der Waals surface area contributed by atoms with Crippen molar-refractivity contribution in [3.63, 3.8) is 0 Å². The molecule has 3 heteroatoms. The molecule has 1 heterocycles. The molecule has 0 saturated heterocycles. The lowest BCUT2D eigenvalue weighted by Crippen LogP contribution is -1.98. The van der Waals surface area contributed by atoms with Crippen LogP contribution >= 0.6 is 0 Å². The number of nitrogens with one attached hydrogen (secondary N) is 1. The van der Waals surface area contributed by atoms with E-state index in [0.29, 0.717) is 0 Å². The molecule has 0 spiro atoms. The first-order valence-electron chi connectivity index (χ1n) is 4.87. The van der Waals surface area contributed by atoms with Gasteiger partial charge in [0.15, 0.2) is 5.82 Å². The van der Waals surface area contributed by atoms with Crippen molar-refractivity contribution in [1.82, 2.24) is 9.97 Å². The summed E-state index contributed by atoms with van der Waals surface area (Å²) in [5, 5.41) is 3.05. The topological polar surface area (TPSA) is 37.8 Å². The van der Waals surface area contributed by atoms with Crippen LogP contribution in [0.4, 0.5) is 5.82 Å². The smallest absolute Gasteiger partial charge is 0.152 e. The van der Waals surface area contributed by atoms with Crippen molar-refractivity contribution in [1.29, 1.82) is 0 Å². The number of nitrogens with zero attached hydrogens (tertiary/aromatic N) is 2. The van der Waals surface area contributed by atoms with Gasteiger partial charge in [0.25, 0.3) is 0 Å². The number of rotatable bonds is 2. The van der Waals surface area contributed by atoms with Crippen LogP contribution in [0.5, 0.6) is 0 Å². The van der Waals surface area contributed by atoms with Crippen molar-refractivity contribution in [3.8, 4) is 11.3 Å². The number of hydrogen-bond donors (Lipinski definition) is 1. The fourth-order valence-electron chi connectivity index (χ4n) is 1.56. The normalized spacial score (nSPS) is 10.0. The summed E-state index contributed by atoms with van der Waals surface area (Å²) >= 11 is 0. The molecule has 2 rings (SSSR count). The Hall–Kier alpha value is -1.90. The highest BCUT2D eigenvalue weighted by Gasteiger charge is 2.07. The van der Waals surface area contributed by atoms with Gasteiger partial charge in [-0.3, -0.25) is 4.98 Å². The van der Waals surface area contributed by atoms with Crippen LogP contribution in [0.2, 0.25) is 0 Å². The average molecular weight is 199 g/mol. The van der Waals surface area contributed by atoms with E-state index in [9.17, 15) is 0 Å². The molecule has 0 amide bonds. The van der Waals surface area contributed by atoms with Gasteiger partial charge in [0, 0.05) is 25.0 Å². The van der Waals surface area contributed by atoms with E-state index in [-0.39, 0.29) is 0 Å². The Morgan fingerprint density at radius 1 is 1.07 bits per heavy atom. The van der Waals surface area contributed by atoms with E-state index in [2.05, 4.69) is 34.3 Å². The molecular weight excluding hydrogens is 186 g/mol. The predicted molar refractivity (Wildman–Crippen MR) is 61.8 cm³/mol.